The average Bonchev–Trinajstić information content (AvgIpc) is 2.81. The van der Waals surface area contributed by atoms with Crippen molar-refractivity contribution in [3.8, 4) is 17.3 Å². The highest BCUT2D eigenvalue weighted by Gasteiger charge is 2.36. The molecule has 21 heavy (non-hydrogen) atoms. The Kier molecular flexibility index (Phi) is 3.55. The number of nitriles is 1. The second-order valence-electron chi connectivity index (χ2n) is 4.36. The molecule has 0 saturated carbocycles. The Labute approximate surface area is 118 Å². The molecule has 0 spiro atoms. The maximum Gasteiger partial charge on any atom is 0.419 e. The van der Waals surface area contributed by atoms with E-state index >= 15 is 0 Å². The first-order valence-electron chi connectivity index (χ1n) is 5.63. The molecule has 110 valence electrons. The molecule has 0 atom stereocenters. The van der Waals surface area contributed by atoms with Crippen LogP contribution in [0.4, 0.5) is 13.2 Å². The van der Waals surface area contributed by atoms with Crippen molar-refractivity contribution < 1.29 is 21.6 Å². The van der Waals surface area contributed by atoms with Crippen LogP contribution in [0.5, 0.6) is 0 Å². The van der Waals surface area contributed by atoms with Crippen molar-refractivity contribution in [2.24, 2.45) is 0 Å². The number of sulfone groups is 1. The molecule has 1 aromatic carbocycles. The van der Waals surface area contributed by atoms with Gasteiger partial charge in [-0.15, -0.1) is 0 Å². The molecule has 0 saturated heterocycles. The Morgan fingerprint density at radius 1 is 1.29 bits per heavy atom. The molecule has 2 rings (SSSR count). The van der Waals surface area contributed by atoms with E-state index in [1.165, 1.54) is 30.3 Å². The molecule has 4 nitrogen and oxygen atoms in total. The van der Waals surface area contributed by atoms with Gasteiger partial charge in [-0.1, -0.05) is 12.1 Å². The Morgan fingerprint density at radius 2 is 1.95 bits per heavy atom. The summed E-state index contributed by atoms with van der Waals surface area (Å²) >= 11 is 0. The number of aromatic nitrogens is 1. The van der Waals surface area contributed by atoms with Crippen LogP contribution in [0.1, 0.15) is 11.1 Å². The summed E-state index contributed by atoms with van der Waals surface area (Å²) in [7, 11) is -3.49. The van der Waals surface area contributed by atoms with Crippen LogP contribution in [-0.2, 0) is 16.0 Å². The van der Waals surface area contributed by atoms with E-state index in [9.17, 15) is 21.6 Å². The fourth-order valence-corrected chi connectivity index (χ4v) is 2.54. The number of hydrogen-bond donors (Lipinski definition) is 1. The summed E-state index contributed by atoms with van der Waals surface area (Å²) < 4.78 is 61.3. The third-order valence-corrected chi connectivity index (χ3v) is 3.96. The van der Waals surface area contributed by atoms with Gasteiger partial charge in [-0.2, -0.15) is 18.4 Å². The highest BCUT2D eigenvalue weighted by atomic mass is 32.2. The van der Waals surface area contributed by atoms with Gasteiger partial charge in [-0.3, -0.25) is 0 Å². The number of nitrogens with zero attached hydrogens (tertiary/aromatic N) is 1. The van der Waals surface area contributed by atoms with E-state index in [0.29, 0.717) is 6.20 Å². The minimum atomic E-state index is -4.66. The predicted octanol–water partition coefficient (Wildman–Crippen LogP) is 2.98. The molecule has 0 radical (unpaired) electrons. The van der Waals surface area contributed by atoms with Crippen molar-refractivity contribution >= 4 is 9.84 Å². The van der Waals surface area contributed by atoms with Crippen LogP contribution >= 0.6 is 0 Å². The van der Waals surface area contributed by atoms with E-state index in [-0.39, 0.29) is 16.2 Å². The second-order valence-corrected chi connectivity index (χ2v) is 6.38. The highest BCUT2D eigenvalue weighted by Crippen LogP contribution is 2.36. The first-order chi connectivity index (χ1) is 9.64. The SMILES string of the molecule is CS(=O)(=O)c1cccc(-c2[nH]cc(C(F)(F)F)c2C#N)c1. The lowest BCUT2D eigenvalue weighted by Gasteiger charge is -2.05. The first-order valence-corrected chi connectivity index (χ1v) is 7.53. The molecule has 1 heterocycles. The lowest BCUT2D eigenvalue weighted by atomic mass is 10.1. The van der Waals surface area contributed by atoms with Gasteiger partial charge in [0.15, 0.2) is 9.84 Å². The third kappa shape index (κ3) is 2.92. The molecular weight excluding hydrogens is 305 g/mol. The predicted molar refractivity (Wildman–Crippen MR) is 69.1 cm³/mol. The fraction of sp³-hybridized carbons (Fsp3) is 0.154. The monoisotopic (exact) mass is 314 g/mol. The molecular formula is C13H9F3N2O2S. The standard InChI is InChI=1S/C13H9F3N2O2S/c1-21(19,20)9-4-2-3-8(5-9)12-10(6-17)11(7-18-12)13(14,15)16/h2-5,7,18H,1H3. The van der Waals surface area contributed by atoms with E-state index in [2.05, 4.69) is 4.98 Å². The Hall–Kier alpha value is -2.27. The lowest BCUT2D eigenvalue weighted by molar-refractivity contribution is -0.137. The van der Waals surface area contributed by atoms with Crippen molar-refractivity contribution in [3.63, 3.8) is 0 Å². The van der Waals surface area contributed by atoms with Gasteiger partial charge in [0.05, 0.1) is 21.7 Å². The Bertz CT molecular complexity index is 830. The molecule has 0 aliphatic rings. The lowest BCUT2D eigenvalue weighted by Crippen LogP contribution is -2.05. The zero-order chi connectivity index (χ0) is 15.8. The van der Waals surface area contributed by atoms with E-state index in [0.717, 1.165) is 6.26 Å². The van der Waals surface area contributed by atoms with Gasteiger partial charge in [0.1, 0.15) is 6.07 Å². The largest absolute Gasteiger partial charge is 0.419 e. The number of alkyl halides is 3. The summed E-state index contributed by atoms with van der Waals surface area (Å²) in [5.41, 5.74) is -1.50. The van der Waals surface area contributed by atoms with Crippen LogP contribution in [0.2, 0.25) is 0 Å². The minimum absolute atomic E-state index is 0.0351. The maximum atomic E-state index is 12.8. The molecule has 0 aliphatic heterocycles. The van der Waals surface area contributed by atoms with Gasteiger partial charge >= 0.3 is 6.18 Å². The smallest absolute Gasteiger partial charge is 0.359 e. The summed E-state index contributed by atoms with van der Waals surface area (Å²) in [6.07, 6.45) is -2.97. The number of H-pyrrole nitrogens is 1. The van der Waals surface area contributed by atoms with Crippen molar-refractivity contribution in [1.29, 1.82) is 5.26 Å². The summed E-state index contributed by atoms with van der Waals surface area (Å²) in [6, 6.07) is 6.90. The number of benzene rings is 1. The number of hydrogen-bond acceptors (Lipinski definition) is 3. The van der Waals surface area contributed by atoms with Gasteiger partial charge in [-0.25, -0.2) is 8.42 Å². The summed E-state index contributed by atoms with van der Waals surface area (Å²) in [4.78, 5) is 2.35. The van der Waals surface area contributed by atoms with Crippen LogP contribution < -0.4 is 0 Å². The van der Waals surface area contributed by atoms with Crippen LogP contribution in [0.25, 0.3) is 11.3 Å². The fourth-order valence-electron chi connectivity index (χ4n) is 1.87. The molecule has 1 aromatic heterocycles. The van der Waals surface area contributed by atoms with Crippen molar-refractivity contribution in [2.75, 3.05) is 6.26 Å². The highest BCUT2D eigenvalue weighted by molar-refractivity contribution is 7.90. The topological polar surface area (TPSA) is 73.7 Å². The minimum Gasteiger partial charge on any atom is -0.359 e. The molecule has 2 aromatic rings. The maximum absolute atomic E-state index is 12.8. The normalized spacial score (nSPS) is 12.1. The zero-order valence-corrected chi connectivity index (χ0v) is 11.5. The van der Waals surface area contributed by atoms with Crippen LogP contribution in [0.3, 0.4) is 0 Å². The summed E-state index contributed by atoms with van der Waals surface area (Å²) in [5, 5.41) is 8.95. The molecule has 0 unspecified atom stereocenters. The first kappa shape index (κ1) is 15.1. The number of aromatic amines is 1. The molecule has 8 heteroatoms. The van der Waals surface area contributed by atoms with E-state index in [1.807, 2.05) is 0 Å². The van der Waals surface area contributed by atoms with Crippen LogP contribution in [-0.4, -0.2) is 19.7 Å². The average molecular weight is 314 g/mol. The van der Waals surface area contributed by atoms with Gasteiger partial charge < -0.3 is 4.98 Å². The van der Waals surface area contributed by atoms with E-state index < -0.39 is 27.1 Å². The van der Waals surface area contributed by atoms with Gasteiger partial charge in [0.25, 0.3) is 0 Å². The number of rotatable bonds is 2. The zero-order valence-electron chi connectivity index (χ0n) is 10.7. The summed E-state index contributed by atoms with van der Waals surface area (Å²) in [5.74, 6) is 0. The van der Waals surface area contributed by atoms with Gasteiger partial charge in [0.2, 0.25) is 0 Å². The van der Waals surface area contributed by atoms with Crippen molar-refractivity contribution in [1.82, 2.24) is 4.98 Å². The van der Waals surface area contributed by atoms with E-state index in [4.69, 9.17) is 5.26 Å². The molecule has 1 N–H and O–H groups in total. The molecule has 0 bridgehead atoms. The molecule has 0 amide bonds. The van der Waals surface area contributed by atoms with Crippen molar-refractivity contribution in [2.45, 2.75) is 11.1 Å². The van der Waals surface area contributed by atoms with Crippen molar-refractivity contribution in [3.05, 3.63) is 41.6 Å². The second kappa shape index (κ2) is 4.93. The Morgan fingerprint density at radius 3 is 2.48 bits per heavy atom. The third-order valence-electron chi connectivity index (χ3n) is 2.85. The Balaban J connectivity index is 2.65. The van der Waals surface area contributed by atoms with Gasteiger partial charge in [-0.05, 0) is 12.1 Å². The van der Waals surface area contributed by atoms with Gasteiger partial charge in [0, 0.05) is 18.0 Å². The molecule has 0 fully saturated rings. The molecule has 0 aliphatic carbocycles. The number of nitrogens with one attached hydrogen (secondary N) is 1. The van der Waals surface area contributed by atoms with Crippen LogP contribution in [0.15, 0.2) is 35.4 Å². The quantitative estimate of drug-likeness (QED) is 0.926. The van der Waals surface area contributed by atoms with Crippen LogP contribution in [0, 0.1) is 11.3 Å². The summed E-state index contributed by atoms with van der Waals surface area (Å²) in [6.45, 7) is 0. The van der Waals surface area contributed by atoms with E-state index in [1.54, 1.807) is 0 Å². The number of halogens is 3.